The second-order valence-electron chi connectivity index (χ2n) is 10.0. The normalized spacial score (nSPS) is 19.2. The largest absolute Gasteiger partial charge is 0.469 e. The Balaban J connectivity index is 1.38. The van der Waals surface area contributed by atoms with E-state index >= 15 is 0 Å². The maximum absolute atomic E-state index is 13.3. The molecule has 8 heteroatoms. The number of esters is 1. The van der Waals surface area contributed by atoms with Gasteiger partial charge in [-0.1, -0.05) is 66.7 Å². The molecule has 1 N–H and O–H groups in total. The number of rotatable bonds is 13. The standard InChI is InChI=1S/C32H36FNO5S/c1-38-32(35)11-7-3-6-10-30-27(22-34-40(36,37)29-19-17-28(33)18-20-29)16-21-31(30)39-23-24-12-14-26(15-13-24)25-8-4-2-5-9-25/h2-6,8-9,12-15,17-20,27,30-31,34H,7,10-11,16,21-23H2,1H3/b6-3-/t27-,30-,31+/m1/s1. The molecule has 6 nitrogen and oxygen atoms in total. The van der Waals surface area contributed by atoms with Crippen molar-refractivity contribution in [3.05, 3.63) is 102 Å². The first-order chi connectivity index (χ1) is 19.4. The van der Waals surface area contributed by atoms with Crippen molar-refractivity contribution in [1.82, 2.24) is 4.72 Å². The van der Waals surface area contributed by atoms with Crippen molar-refractivity contribution in [2.75, 3.05) is 13.7 Å². The SMILES string of the molecule is COC(=O)CC/C=C\C[C@@H]1[C@@H](CNS(=O)(=O)c2ccc(F)cc2)CC[C@@H]1OCc1ccc(-c2ccccc2)cc1. The maximum atomic E-state index is 13.3. The van der Waals surface area contributed by atoms with Gasteiger partial charge in [0.05, 0.1) is 24.7 Å². The number of ether oxygens (including phenoxy) is 2. The van der Waals surface area contributed by atoms with Gasteiger partial charge in [-0.3, -0.25) is 4.79 Å². The quantitative estimate of drug-likeness (QED) is 0.195. The molecule has 0 saturated heterocycles. The van der Waals surface area contributed by atoms with E-state index in [2.05, 4.69) is 41.1 Å². The number of carbonyl (C=O) groups excluding carboxylic acids is 1. The molecule has 1 fully saturated rings. The van der Waals surface area contributed by atoms with E-state index in [1.807, 2.05) is 30.4 Å². The number of carbonyl (C=O) groups is 1. The first-order valence-corrected chi connectivity index (χ1v) is 15.1. The molecule has 1 aliphatic rings. The van der Waals surface area contributed by atoms with E-state index in [9.17, 15) is 17.6 Å². The molecule has 3 atom stereocenters. The Morgan fingerprint density at radius 1 is 0.950 bits per heavy atom. The number of halogens is 1. The minimum absolute atomic E-state index is 0.0283. The molecule has 3 aromatic carbocycles. The highest BCUT2D eigenvalue weighted by Crippen LogP contribution is 2.37. The molecule has 212 valence electrons. The number of sulfonamides is 1. The second kappa shape index (κ2) is 14.3. The van der Waals surface area contributed by atoms with E-state index in [4.69, 9.17) is 9.47 Å². The van der Waals surface area contributed by atoms with E-state index in [1.165, 1.54) is 19.2 Å². The number of methoxy groups -OCH3 is 1. The van der Waals surface area contributed by atoms with Gasteiger partial charge >= 0.3 is 5.97 Å². The van der Waals surface area contributed by atoms with Crippen LogP contribution < -0.4 is 4.72 Å². The molecule has 0 amide bonds. The summed E-state index contributed by atoms with van der Waals surface area (Å²) < 4.78 is 52.7. The number of hydrogen-bond acceptors (Lipinski definition) is 5. The summed E-state index contributed by atoms with van der Waals surface area (Å²) >= 11 is 0. The predicted molar refractivity (Wildman–Crippen MR) is 153 cm³/mol. The fraction of sp³-hybridized carbons (Fsp3) is 0.344. The predicted octanol–water partition coefficient (Wildman–Crippen LogP) is 6.28. The topological polar surface area (TPSA) is 81.7 Å². The zero-order chi connectivity index (χ0) is 28.4. The average Bonchev–Trinajstić information content (AvgIpc) is 3.37. The molecule has 3 aromatic rings. The third-order valence-electron chi connectivity index (χ3n) is 7.41. The van der Waals surface area contributed by atoms with Gasteiger partial charge in [-0.2, -0.15) is 0 Å². The summed E-state index contributed by atoms with van der Waals surface area (Å²) in [5, 5.41) is 0. The third kappa shape index (κ3) is 8.34. The van der Waals surface area contributed by atoms with Crippen LogP contribution in [-0.2, 0) is 30.9 Å². The van der Waals surface area contributed by atoms with Gasteiger partial charge in [0.25, 0.3) is 0 Å². The Labute approximate surface area is 236 Å². The Morgan fingerprint density at radius 3 is 2.35 bits per heavy atom. The van der Waals surface area contributed by atoms with Crippen LogP contribution in [0.1, 0.15) is 37.7 Å². The maximum Gasteiger partial charge on any atom is 0.305 e. The number of allylic oxidation sites excluding steroid dienone is 2. The molecule has 0 radical (unpaired) electrons. The lowest BCUT2D eigenvalue weighted by atomic mass is 9.91. The molecular weight excluding hydrogens is 529 g/mol. The Kier molecular flexibility index (Phi) is 10.6. The van der Waals surface area contributed by atoms with Crippen LogP contribution in [0.15, 0.2) is 95.9 Å². The Hall–Kier alpha value is -3.33. The fourth-order valence-electron chi connectivity index (χ4n) is 5.13. The molecule has 0 aliphatic heterocycles. The van der Waals surface area contributed by atoms with Crippen LogP contribution in [0, 0.1) is 17.7 Å². The average molecular weight is 566 g/mol. The highest BCUT2D eigenvalue weighted by Gasteiger charge is 2.36. The van der Waals surface area contributed by atoms with Crippen molar-refractivity contribution < 1.29 is 27.1 Å². The zero-order valence-electron chi connectivity index (χ0n) is 22.7. The van der Waals surface area contributed by atoms with Gasteiger partial charge in [-0.25, -0.2) is 17.5 Å². The Bertz CT molecular complexity index is 1360. The van der Waals surface area contributed by atoms with Crippen LogP contribution in [-0.4, -0.2) is 34.1 Å². The summed E-state index contributed by atoms with van der Waals surface area (Å²) in [5.41, 5.74) is 3.39. The molecule has 1 saturated carbocycles. The van der Waals surface area contributed by atoms with Crippen LogP contribution in [0.2, 0.25) is 0 Å². The van der Waals surface area contributed by atoms with Crippen molar-refractivity contribution in [1.29, 1.82) is 0 Å². The van der Waals surface area contributed by atoms with E-state index in [0.717, 1.165) is 41.7 Å². The van der Waals surface area contributed by atoms with Crippen molar-refractivity contribution in [3.8, 4) is 11.1 Å². The first-order valence-electron chi connectivity index (χ1n) is 13.6. The van der Waals surface area contributed by atoms with Crippen molar-refractivity contribution in [2.24, 2.45) is 11.8 Å². The first kappa shape index (κ1) is 29.6. The van der Waals surface area contributed by atoms with E-state index in [0.29, 0.717) is 25.9 Å². The zero-order valence-corrected chi connectivity index (χ0v) is 23.5. The highest BCUT2D eigenvalue weighted by atomic mass is 32.2. The van der Waals surface area contributed by atoms with Crippen LogP contribution in [0.25, 0.3) is 11.1 Å². The van der Waals surface area contributed by atoms with E-state index < -0.39 is 15.8 Å². The molecule has 0 aromatic heterocycles. The number of benzene rings is 3. The highest BCUT2D eigenvalue weighted by molar-refractivity contribution is 7.89. The minimum atomic E-state index is -3.76. The smallest absolute Gasteiger partial charge is 0.305 e. The number of hydrogen-bond donors (Lipinski definition) is 1. The van der Waals surface area contributed by atoms with E-state index in [1.54, 1.807) is 0 Å². The molecule has 4 rings (SSSR count). The monoisotopic (exact) mass is 565 g/mol. The molecule has 0 spiro atoms. The minimum Gasteiger partial charge on any atom is -0.469 e. The van der Waals surface area contributed by atoms with Crippen molar-refractivity contribution >= 4 is 16.0 Å². The molecule has 0 bridgehead atoms. The van der Waals surface area contributed by atoms with Gasteiger partial charge in [0.2, 0.25) is 10.0 Å². The van der Waals surface area contributed by atoms with Gasteiger partial charge < -0.3 is 9.47 Å². The van der Waals surface area contributed by atoms with Crippen LogP contribution >= 0.6 is 0 Å². The molecule has 1 aliphatic carbocycles. The summed E-state index contributed by atoms with van der Waals surface area (Å²) in [6.45, 7) is 0.738. The van der Waals surface area contributed by atoms with Crippen LogP contribution in [0.3, 0.4) is 0 Å². The molecule has 0 unspecified atom stereocenters. The molecule has 40 heavy (non-hydrogen) atoms. The summed E-state index contributed by atoms with van der Waals surface area (Å²) in [4.78, 5) is 11.4. The summed E-state index contributed by atoms with van der Waals surface area (Å²) in [7, 11) is -2.38. The van der Waals surface area contributed by atoms with Gasteiger partial charge in [-0.15, -0.1) is 0 Å². The number of nitrogens with one attached hydrogen (secondary N) is 1. The van der Waals surface area contributed by atoms with Crippen LogP contribution in [0.5, 0.6) is 0 Å². The summed E-state index contributed by atoms with van der Waals surface area (Å²) in [5.74, 6) is -0.554. The lowest BCUT2D eigenvalue weighted by molar-refractivity contribution is -0.140. The third-order valence-corrected chi connectivity index (χ3v) is 8.85. The van der Waals surface area contributed by atoms with Gasteiger partial charge in [-0.05, 0) is 78.5 Å². The van der Waals surface area contributed by atoms with Gasteiger partial charge in [0.15, 0.2) is 0 Å². The lowest BCUT2D eigenvalue weighted by Crippen LogP contribution is -2.33. The van der Waals surface area contributed by atoms with Gasteiger partial charge in [0, 0.05) is 13.0 Å². The summed E-state index contributed by atoms with van der Waals surface area (Å²) in [6.07, 6.45) is 7.24. The molecule has 0 heterocycles. The van der Waals surface area contributed by atoms with Crippen molar-refractivity contribution in [2.45, 2.75) is 49.7 Å². The Morgan fingerprint density at radius 2 is 1.65 bits per heavy atom. The van der Waals surface area contributed by atoms with Crippen molar-refractivity contribution in [3.63, 3.8) is 0 Å². The van der Waals surface area contributed by atoms with Crippen LogP contribution in [0.4, 0.5) is 4.39 Å². The lowest BCUT2D eigenvalue weighted by Gasteiger charge is -2.24. The fourth-order valence-corrected chi connectivity index (χ4v) is 6.22. The van der Waals surface area contributed by atoms with Gasteiger partial charge in [0.1, 0.15) is 5.82 Å². The summed E-state index contributed by atoms with van der Waals surface area (Å²) in [6, 6.07) is 23.4. The van der Waals surface area contributed by atoms with E-state index in [-0.39, 0.29) is 35.3 Å². The second-order valence-corrected chi connectivity index (χ2v) is 11.8. The molecular formula is C32H36FNO5S.